The van der Waals surface area contributed by atoms with E-state index < -0.39 is 6.04 Å². The fourth-order valence-electron chi connectivity index (χ4n) is 4.10. The molecule has 0 spiro atoms. The van der Waals surface area contributed by atoms with Gasteiger partial charge in [0.25, 0.3) is 11.5 Å². The molecular weight excluding hydrogens is 505 g/mol. The molecule has 0 saturated carbocycles. The van der Waals surface area contributed by atoms with Gasteiger partial charge in [-0.25, -0.2) is 0 Å². The lowest BCUT2D eigenvalue weighted by molar-refractivity contribution is 0.0993. The lowest BCUT2D eigenvalue weighted by Crippen LogP contribution is -2.31. The van der Waals surface area contributed by atoms with E-state index in [2.05, 4.69) is 20.5 Å². The van der Waals surface area contributed by atoms with Crippen molar-refractivity contribution in [3.8, 4) is 0 Å². The number of carbonyl (C=O) groups is 1. The number of fused-ring (bicyclic) bond motifs is 1. The average molecular weight is 525 g/mol. The molecule has 4 rings (SSSR count). The number of ether oxygens (including phenoxy) is 1. The molecule has 1 amide bonds. The molecule has 2 atom stereocenters. The second-order valence-electron chi connectivity index (χ2n) is 7.53. The van der Waals surface area contributed by atoms with E-state index in [4.69, 9.17) is 27.9 Å². The van der Waals surface area contributed by atoms with Crippen LogP contribution in [0, 0.1) is 0 Å². The zero-order valence-electron chi connectivity index (χ0n) is 17.1. The zero-order valence-corrected chi connectivity index (χ0v) is 20.2. The summed E-state index contributed by atoms with van der Waals surface area (Å²) < 4.78 is 9.62. The number of methoxy groups -OCH3 is 1. The van der Waals surface area contributed by atoms with E-state index in [1.165, 1.54) is 10.6 Å². The fourth-order valence-corrected chi connectivity index (χ4v) is 5.24. The van der Waals surface area contributed by atoms with E-state index in [-0.39, 0.29) is 22.5 Å². The minimum absolute atomic E-state index is 0.0191. The first-order valence-corrected chi connectivity index (χ1v) is 11.1. The smallest absolute Gasteiger partial charge is 0.269 e. The number of amides is 1. The first-order chi connectivity index (χ1) is 14.7. The Balaban J connectivity index is 1.96. The summed E-state index contributed by atoms with van der Waals surface area (Å²) >= 11 is 15.9. The summed E-state index contributed by atoms with van der Waals surface area (Å²) in [6.07, 6.45) is 1.62. The second kappa shape index (κ2) is 8.47. The summed E-state index contributed by atoms with van der Waals surface area (Å²) in [6.45, 7) is 2.51. The molecule has 162 valence electrons. The van der Waals surface area contributed by atoms with Crippen LogP contribution in [0.15, 0.2) is 52.0 Å². The summed E-state index contributed by atoms with van der Waals surface area (Å²) in [4.78, 5) is 27.4. The van der Waals surface area contributed by atoms with Gasteiger partial charge in [-0.05, 0) is 52.7 Å². The normalized spacial score (nSPS) is 16.6. The van der Waals surface area contributed by atoms with E-state index in [1.807, 2.05) is 25.1 Å². The quantitative estimate of drug-likeness (QED) is 0.460. The van der Waals surface area contributed by atoms with Crippen LogP contribution >= 0.6 is 39.1 Å². The number of pyridine rings is 1. The van der Waals surface area contributed by atoms with Gasteiger partial charge >= 0.3 is 0 Å². The molecule has 1 aliphatic heterocycles. The third kappa shape index (κ3) is 3.74. The minimum atomic E-state index is -0.432. The Morgan fingerprint density at radius 1 is 1.16 bits per heavy atom. The van der Waals surface area contributed by atoms with Gasteiger partial charge in [-0.1, -0.05) is 35.3 Å². The van der Waals surface area contributed by atoms with Crippen LogP contribution in [0.25, 0.3) is 0 Å². The number of hydrogen-bond acceptors (Lipinski definition) is 3. The molecule has 3 heterocycles. The molecule has 0 aliphatic carbocycles. The summed E-state index contributed by atoms with van der Waals surface area (Å²) in [5.41, 5.74) is 2.53. The van der Waals surface area contributed by atoms with Crippen LogP contribution in [0.4, 0.5) is 5.69 Å². The highest BCUT2D eigenvalue weighted by Crippen LogP contribution is 2.45. The van der Waals surface area contributed by atoms with E-state index in [0.29, 0.717) is 22.9 Å². The van der Waals surface area contributed by atoms with Crippen LogP contribution in [0.1, 0.15) is 40.6 Å². The first-order valence-electron chi connectivity index (χ1n) is 9.59. The predicted octanol–water partition coefficient (Wildman–Crippen LogP) is 5.21. The van der Waals surface area contributed by atoms with Crippen molar-refractivity contribution >= 4 is 50.7 Å². The Labute approximate surface area is 198 Å². The molecule has 2 aromatic heterocycles. The van der Waals surface area contributed by atoms with Gasteiger partial charge < -0.3 is 13.9 Å². The largest absolute Gasteiger partial charge is 0.383 e. The SMILES string of the molecule is COC[C@@H](C)n1c(Br)cc2c1[C@H](c1ccc(Cl)cc1)N(c1cc(Cl)c(=O)n(C)c1)C2=O. The molecule has 0 bridgehead atoms. The van der Waals surface area contributed by atoms with Gasteiger partial charge in [0.05, 0.1) is 34.2 Å². The summed E-state index contributed by atoms with van der Waals surface area (Å²) in [5, 5.41) is 0.658. The van der Waals surface area contributed by atoms with Crippen LogP contribution in [0.5, 0.6) is 0 Å². The number of hydrogen-bond donors (Lipinski definition) is 0. The maximum Gasteiger partial charge on any atom is 0.269 e. The van der Waals surface area contributed by atoms with Crippen molar-refractivity contribution in [3.05, 3.63) is 84.4 Å². The Morgan fingerprint density at radius 3 is 2.45 bits per heavy atom. The molecule has 1 aromatic carbocycles. The zero-order chi connectivity index (χ0) is 22.4. The van der Waals surface area contributed by atoms with E-state index >= 15 is 0 Å². The van der Waals surface area contributed by atoms with Gasteiger partial charge in [0.2, 0.25) is 0 Å². The molecule has 0 fully saturated rings. The van der Waals surface area contributed by atoms with Crippen molar-refractivity contribution in [3.63, 3.8) is 0 Å². The van der Waals surface area contributed by atoms with Gasteiger partial charge in [-0.3, -0.25) is 14.5 Å². The molecule has 0 N–H and O–H groups in total. The minimum Gasteiger partial charge on any atom is -0.383 e. The van der Waals surface area contributed by atoms with E-state index in [1.54, 1.807) is 37.4 Å². The van der Waals surface area contributed by atoms with E-state index in [0.717, 1.165) is 15.9 Å². The van der Waals surface area contributed by atoms with E-state index in [9.17, 15) is 9.59 Å². The first kappa shape index (κ1) is 22.1. The van der Waals surface area contributed by atoms with Crippen molar-refractivity contribution in [2.24, 2.45) is 7.05 Å². The van der Waals surface area contributed by atoms with Gasteiger partial charge in [0.15, 0.2) is 0 Å². The molecule has 9 heteroatoms. The van der Waals surface area contributed by atoms with Crippen molar-refractivity contribution in [1.29, 1.82) is 0 Å². The predicted molar refractivity (Wildman–Crippen MR) is 126 cm³/mol. The molecule has 3 aromatic rings. The number of halogens is 3. The fraction of sp³-hybridized carbons (Fsp3) is 0.273. The van der Waals surface area contributed by atoms with Gasteiger partial charge in [-0.15, -0.1) is 0 Å². The van der Waals surface area contributed by atoms with Crippen molar-refractivity contribution in [2.45, 2.75) is 19.0 Å². The molecule has 0 saturated heterocycles. The van der Waals surface area contributed by atoms with Crippen LogP contribution < -0.4 is 10.5 Å². The van der Waals surface area contributed by atoms with Crippen LogP contribution in [-0.2, 0) is 11.8 Å². The monoisotopic (exact) mass is 523 g/mol. The third-order valence-corrected chi connectivity index (χ3v) is 6.57. The molecule has 1 aliphatic rings. The number of aromatic nitrogens is 2. The maximum atomic E-state index is 13.6. The van der Waals surface area contributed by atoms with Crippen molar-refractivity contribution in [2.75, 3.05) is 18.6 Å². The Kier molecular flexibility index (Phi) is 6.05. The van der Waals surface area contributed by atoms with Gasteiger partial charge in [-0.2, -0.15) is 0 Å². The highest BCUT2D eigenvalue weighted by atomic mass is 79.9. The summed E-state index contributed by atoms with van der Waals surface area (Å²) in [6, 6.07) is 10.3. The Bertz CT molecular complexity index is 1190. The van der Waals surface area contributed by atoms with Crippen molar-refractivity contribution in [1.82, 2.24) is 9.13 Å². The molecule has 6 nitrogen and oxygen atoms in total. The summed E-state index contributed by atoms with van der Waals surface area (Å²) in [5.74, 6) is -0.172. The number of benzene rings is 1. The Morgan fingerprint density at radius 2 is 1.84 bits per heavy atom. The van der Waals surface area contributed by atoms with Crippen molar-refractivity contribution < 1.29 is 9.53 Å². The lowest BCUT2D eigenvalue weighted by atomic mass is 10.0. The molecule has 0 radical (unpaired) electrons. The van der Waals surface area contributed by atoms with Gasteiger partial charge in [0.1, 0.15) is 11.1 Å². The maximum absolute atomic E-state index is 13.6. The number of nitrogens with zero attached hydrogens (tertiary/aromatic N) is 3. The van der Waals surface area contributed by atoms with Crippen LogP contribution in [0.2, 0.25) is 10.0 Å². The highest BCUT2D eigenvalue weighted by Gasteiger charge is 2.43. The number of rotatable bonds is 5. The molecule has 0 unspecified atom stereocenters. The second-order valence-corrected chi connectivity index (χ2v) is 9.19. The number of carbonyl (C=O) groups excluding carboxylic acids is 1. The van der Waals surface area contributed by atoms with Gasteiger partial charge in [0, 0.05) is 25.4 Å². The molecule has 31 heavy (non-hydrogen) atoms. The Hall–Kier alpha value is -2.06. The number of anilines is 1. The summed E-state index contributed by atoms with van der Waals surface area (Å²) in [7, 11) is 3.26. The van der Waals surface area contributed by atoms with Crippen LogP contribution in [0.3, 0.4) is 0 Å². The highest BCUT2D eigenvalue weighted by molar-refractivity contribution is 9.10. The topological polar surface area (TPSA) is 56.5 Å². The number of aryl methyl sites for hydroxylation is 1. The molecular formula is C22H20BrCl2N3O3. The standard InChI is InChI=1S/C22H20BrCl2N3O3/c1-12(11-31-3)27-18(23)9-16-20(27)19(13-4-6-14(24)7-5-13)28(21(16)29)15-8-17(25)22(30)26(2)10-15/h4-10,12,19H,11H2,1-3H3/t12-,19+/m1/s1. The van der Waals surface area contributed by atoms with Crippen LogP contribution in [-0.4, -0.2) is 28.8 Å². The average Bonchev–Trinajstić information content (AvgIpc) is 3.20. The third-order valence-electron chi connectivity index (χ3n) is 5.43. The lowest BCUT2D eigenvalue weighted by Gasteiger charge is -2.29.